The van der Waals surface area contributed by atoms with E-state index in [0.29, 0.717) is 18.6 Å². The summed E-state index contributed by atoms with van der Waals surface area (Å²) in [7, 11) is 0. The van der Waals surface area contributed by atoms with Crippen molar-refractivity contribution < 1.29 is 9.84 Å². The van der Waals surface area contributed by atoms with Crippen LogP contribution in [0.4, 0.5) is 0 Å². The van der Waals surface area contributed by atoms with Gasteiger partial charge in [0.25, 0.3) is 0 Å². The van der Waals surface area contributed by atoms with E-state index >= 15 is 0 Å². The zero-order valence-electron chi connectivity index (χ0n) is 9.64. The number of hydrogen-bond donors (Lipinski definition) is 1. The maximum Gasteiger partial charge on any atom is 0.0720 e. The molecule has 0 saturated heterocycles. The summed E-state index contributed by atoms with van der Waals surface area (Å²) in [5.74, 6) is 0.511. The third-order valence-corrected chi connectivity index (χ3v) is 3.38. The fraction of sp³-hybridized carbons (Fsp3) is 0.571. The first kappa shape index (κ1) is 11.6. The lowest BCUT2D eigenvalue weighted by molar-refractivity contribution is 0.00120. The van der Waals surface area contributed by atoms with Crippen molar-refractivity contribution in [3.05, 3.63) is 35.9 Å². The van der Waals surface area contributed by atoms with Crippen LogP contribution in [0.1, 0.15) is 31.2 Å². The van der Waals surface area contributed by atoms with E-state index in [1.807, 2.05) is 18.2 Å². The fourth-order valence-electron chi connectivity index (χ4n) is 2.27. The second-order valence-electron chi connectivity index (χ2n) is 4.62. The molecule has 2 rings (SSSR count). The highest BCUT2D eigenvalue weighted by Gasteiger charge is 2.20. The van der Waals surface area contributed by atoms with Crippen LogP contribution in [-0.4, -0.2) is 17.8 Å². The zero-order valence-corrected chi connectivity index (χ0v) is 9.64. The Morgan fingerprint density at radius 2 is 1.75 bits per heavy atom. The van der Waals surface area contributed by atoms with Gasteiger partial charge < -0.3 is 9.84 Å². The van der Waals surface area contributed by atoms with Crippen molar-refractivity contribution in [2.24, 2.45) is 5.92 Å². The zero-order chi connectivity index (χ0) is 11.2. The molecule has 0 amide bonds. The van der Waals surface area contributed by atoms with Crippen LogP contribution < -0.4 is 0 Å². The lowest BCUT2D eigenvalue weighted by Gasteiger charge is -2.27. The monoisotopic (exact) mass is 220 g/mol. The molecule has 1 saturated carbocycles. The number of rotatable bonds is 4. The molecule has 0 heterocycles. The molecular weight excluding hydrogens is 200 g/mol. The molecule has 0 unspecified atom stereocenters. The van der Waals surface area contributed by atoms with Crippen LogP contribution in [0.5, 0.6) is 0 Å². The predicted molar refractivity (Wildman–Crippen MR) is 64.1 cm³/mol. The normalized spacial score (nSPS) is 25.6. The third kappa shape index (κ3) is 3.32. The van der Waals surface area contributed by atoms with E-state index in [2.05, 4.69) is 12.1 Å². The van der Waals surface area contributed by atoms with Crippen LogP contribution in [0.2, 0.25) is 0 Å². The Hall–Kier alpha value is -0.860. The van der Waals surface area contributed by atoms with Gasteiger partial charge in [-0.25, -0.2) is 0 Å². The maximum atomic E-state index is 9.04. The van der Waals surface area contributed by atoms with Crippen LogP contribution in [0.25, 0.3) is 0 Å². The summed E-state index contributed by atoms with van der Waals surface area (Å²) in [5, 5.41) is 9.04. The van der Waals surface area contributed by atoms with Crippen LogP contribution in [0.3, 0.4) is 0 Å². The molecular formula is C14H20O2. The highest BCUT2D eigenvalue weighted by molar-refractivity contribution is 5.13. The van der Waals surface area contributed by atoms with Crippen molar-refractivity contribution in [2.75, 3.05) is 6.61 Å². The van der Waals surface area contributed by atoms with Crippen molar-refractivity contribution in [3.8, 4) is 0 Å². The summed E-state index contributed by atoms with van der Waals surface area (Å²) >= 11 is 0. The standard InChI is InChI=1S/C14H20O2/c15-10-12-6-8-14(9-7-12)16-11-13-4-2-1-3-5-13/h1-5,12,14-15H,6-11H2/t12-,14-. The van der Waals surface area contributed by atoms with E-state index in [1.165, 1.54) is 5.56 Å². The highest BCUT2D eigenvalue weighted by atomic mass is 16.5. The van der Waals surface area contributed by atoms with Crippen molar-refractivity contribution in [1.29, 1.82) is 0 Å². The van der Waals surface area contributed by atoms with Gasteiger partial charge in [0.1, 0.15) is 0 Å². The van der Waals surface area contributed by atoms with E-state index in [-0.39, 0.29) is 0 Å². The van der Waals surface area contributed by atoms with Gasteiger partial charge >= 0.3 is 0 Å². The third-order valence-electron chi connectivity index (χ3n) is 3.38. The molecule has 1 aromatic carbocycles. The van der Waals surface area contributed by atoms with Crippen molar-refractivity contribution in [1.82, 2.24) is 0 Å². The van der Waals surface area contributed by atoms with E-state index in [4.69, 9.17) is 9.84 Å². The Morgan fingerprint density at radius 1 is 1.06 bits per heavy atom. The molecule has 2 heteroatoms. The number of benzene rings is 1. The van der Waals surface area contributed by atoms with E-state index in [0.717, 1.165) is 32.3 Å². The van der Waals surface area contributed by atoms with Gasteiger partial charge in [-0.2, -0.15) is 0 Å². The molecule has 0 atom stereocenters. The van der Waals surface area contributed by atoms with Gasteiger partial charge in [-0.1, -0.05) is 30.3 Å². The molecule has 1 fully saturated rings. The molecule has 0 bridgehead atoms. The summed E-state index contributed by atoms with van der Waals surface area (Å²) < 4.78 is 5.88. The Morgan fingerprint density at radius 3 is 2.38 bits per heavy atom. The molecule has 16 heavy (non-hydrogen) atoms. The first-order chi connectivity index (χ1) is 7.88. The van der Waals surface area contributed by atoms with Crippen molar-refractivity contribution >= 4 is 0 Å². The second-order valence-corrected chi connectivity index (χ2v) is 4.62. The summed E-state index contributed by atoms with van der Waals surface area (Å²) in [5.41, 5.74) is 1.24. The Kier molecular flexibility index (Phi) is 4.37. The average Bonchev–Trinajstić information content (AvgIpc) is 2.38. The molecule has 0 aromatic heterocycles. The number of ether oxygens (including phenoxy) is 1. The fourth-order valence-corrected chi connectivity index (χ4v) is 2.27. The molecule has 1 aliphatic rings. The van der Waals surface area contributed by atoms with Crippen molar-refractivity contribution in [2.45, 2.75) is 38.4 Å². The second kappa shape index (κ2) is 6.02. The molecule has 2 nitrogen and oxygen atoms in total. The molecule has 0 spiro atoms. The van der Waals surface area contributed by atoms with E-state index in [1.54, 1.807) is 0 Å². The van der Waals surface area contributed by atoms with Gasteiger partial charge in [0.15, 0.2) is 0 Å². The van der Waals surface area contributed by atoms with Crippen LogP contribution in [0.15, 0.2) is 30.3 Å². The maximum absolute atomic E-state index is 9.04. The van der Waals surface area contributed by atoms with Gasteiger partial charge in [0.05, 0.1) is 12.7 Å². The number of aliphatic hydroxyl groups is 1. The summed E-state index contributed by atoms with van der Waals surface area (Å²) in [6.07, 6.45) is 4.80. The lowest BCUT2D eigenvalue weighted by Crippen LogP contribution is -2.23. The topological polar surface area (TPSA) is 29.5 Å². The molecule has 1 N–H and O–H groups in total. The molecule has 0 aliphatic heterocycles. The minimum Gasteiger partial charge on any atom is -0.396 e. The average molecular weight is 220 g/mol. The van der Waals surface area contributed by atoms with Gasteiger partial charge in [0.2, 0.25) is 0 Å². The smallest absolute Gasteiger partial charge is 0.0720 e. The van der Waals surface area contributed by atoms with Gasteiger partial charge in [-0.15, -0.1) is 0 Å². The predicted octanol–water partition coefficient (Wildman–Crippen LogP) is 2.75. The molecule has 88 valence electrons. The summed E-state index contributed by atoms with van der Waals surface area (Å²) in [4.78, 5) is 0. The Balaban J connectivity index is 1.72. The van der Waals surface area contributed by atoms with Crippen LogP contribution in [0, 0.1) is 5.92 Å². The van der Waals surface area contributed by atoms with Crippen molar-refractivity contribution in [3.63, 3.8) is 0 Å². The van der Waals surface area contributed by atoms with E-state index in [9.17, 15) is 0 Å². The molecule has 0 radical (unpaired) electrons. The minimum absolute atomic E-state index is 0.339. The molecule has 1 aliphatic carbocycles. The summed E-state index contributed by atoms with van der Waals surface area (Å²) in [6, 6.07) is 10.3. The highest BCUT2D eigenvalue weighted by Crippen LogP contribution is 2.26. The number of aliphatic hydroxyl groups excluding tert-OH is 1. The first-order valence-electron chi connectivity index (χ1n) is 6.15. The SMILES string of the molecule is OC[C@H]1CC[C@H](OCc2ccccc2)CC1. The minimum atomic E-state index is 0.339. The quantitative estimate of drug-likeness (QED) is 0.845. The molecule has 1 aromatic rings. The first-order valence-corrected chi connectivity index (χ1v) is 6.15. The largest absolute Gasteiger partial charge is 0.396 e. The van der Waals surface area contributed by atoms with Gasteiger partial charge in [-0.05, 0) is 37.2 Å². The van der Waals surface area contributed by atoms with E-state index < -0.39 is 0 Å². The van der Waals surface area contributed by atoms with Gasteiger partial charge in [-0.3, -0.25) is 0 Å². The Bertz CT molecular complexity index is 289. The van der Waals surface area contributed by atoms with Gasteiger partial charge in [0, 0.05) is 6.61 Å². The van der Waals surface area contributed by atoms with Crippen LogP contribution in [-0.2, 0) is 11.3 Å². The lowest BCUT2D eigenvalue weighted by atomic mass is 9.88. The summed E-state index contributed by atoms with van der Waals surface area (Å²) in [6.45, 7) is 1.06. The number of hydrogen-bond acceptors (Lipinski definition) is 2. The Labute approximate surface area is 97.3 Å². The van der Waals surface area contributed by atoms with Crippen LogP contribution >= 0.6 is 0 Å².